The maximum atomic E-state index is 4.36. The van der Waals surface area contributed by atoms with Gasteiger partial charge in [-0.1, -0.05) is 29.5 Å². The zero-order valence-corrected chi connectivity index (χ0v) is 14.2. The van der Waals surface area contributed by atoms with Crippen molar-refractivity contribution < 1.29 is 0 Å². The second-order valence-corrected chi connectivity index (χ2v) is 6.39. The predicted molar refractivity (Wildman–Crippen MR) is 94.5 cm³/mol. The van der Waals surface area contributed by atoms with E-state index in [9.17, 15) is 0 Å². The van der Waals surface area contributed by atoms with Crippen LogP contribution in [0.5, 0.6) is 0 Å². The summed E-state index contributed by atoms with van der Waals surface area (Å²) in [6, 6.07) is 11.8. The first-order valence-electron chi connectivity index (χ1n) is 7.61. The largest absolute Gasteiger partial charge is 0.330 e. The molecule has 3 aromatic heterocycles. The van der Waals surface area contributed by atoms with Crippen molar-refractivity contribution in [2.24, 2.45) is 0 Å². The van der Waals surface area contributed by atoms with Crippen molar-refractivity contribution in [2.45, 2.75) is 13.5 Å². The fraction of sp³-hybridized carbons (Fsp3) is 0.125. The third-order valence-corrected chi connectivity index (χ3v) is 4.33. The Morgan fingerprint density at radius 1 is 1.08 bits per heavy atom. The molecule has 0 fully saturated rings. The first-order valence-corrected chi connectivity index (χ1v) is 8.43. The Labute approximate surface area is 147 Å². The minimum absolute atomic E-state index is 0.417. The van der Waals surface area contributed by atoms with Crippen LogP contribution in [-0.4, -0.2) is 35.4 Å². The number of pyridine rings is 1. The number of rotatable bonds is 5. The summed E-state index contributed by atoms with van der Waals surface area (Å²) >= 11 is 1.46. The monoisotopic (exact) mass is 350 g/mol. The molecule has 0 saturated heterocycles. The van der Waals surface area contributed by atoms with E-state index in [4.69, 9.17) is 0 Å². The number of nitrogens with zero attached hydrogens (tertiary/aromatic N) is 7. The minimum Gasteiger partial charge on any atom is -0.330 e. The summed E-state index contributed by atoms with van der Waals surface area (Å²) in [5, 5.41) is 25.6. The smallest absolute Gasteiger partial charge is 0.210 e. The highest BCUT2D eigenvalue weighted by Gasteiger charge is 2.10. The zero-order chi connectivity index (χ0) is 17.1. The Bertz CT molecular complexity index is 978. The van der Waals surface area contributed by atoms with Gasteiger partial charge < -0.3 is 5.32 Å². The molecule has 3 heterocycles. The van der Waals surface area contributed by atoms with Crippen LogP contribution in [0.3, 0.4) is 0 Å². The third kappa shape index (κ3) is 3.50. The zero-order valence-electron chi connectivity index (χ0n) is 13.4. The summed E-state index contributed by atoms with van der Waals surface area (Å²) < 4.78 is 0. The summed E-state index contributed by atoms with van der Waals surface area (Å²) in [6.07, 6.45) is 3.41. The number of para-hydroxylation sites is 1. The molecule has 4 aromatic rings. The summed E-state index contributed by atoms with van der Waals surface area (Å²) in [4.78, 5) is 5.56. The van der Waals surface area contributed by atoms with E-state index >= 15 is 0 Å². The van der Waals surface area contributed by atoms with Crippen LogP contribution in [0.2, 0.25) is 0 Å². The molecule has 0 saturated carbocycles. The van der Waals surface area contributed by atoms with Crippen molar-refractivity contribution in [3.05, 3.63) is 59.4 Å². The van der Waals surface area contributed by atoms with Crippen LogP contribution in [0.1, 0.15) is 10.6 Å². The number of aryl methyl sites for hydroxylation is 1. The van der Waals surface area contributed by atoms with E-state index in [1.807, 2.05) is 43.3 Å². The molecule has 25 heavy (non-hydrogen) atoms. The molecular formula is C16H14N8S. The fourth-order valence-electron chi connectivity index (χ4n) is 2.24. The number of hydrogen-bond acceptors (Lipinski definition) is 8. The van der Waals surface area contributed by atoms with Gasteiger partial charge in [-0.3, -0.25) is 4.98 Å². The van der Waals surface area contributed by atoms with Gasteiger partial charge in [0.1, 0.15) is 11.6 Å². The first kappa shape index (κ1) is 15.3. The number of benzene rings is 1. The number of aromatic nitrogens is 7. The molecule has 0 amide bonds. The van der Waals surface area contributed by atoms with E-state index in [0.29, 0.717) is 12.4 Å². The highest BCUT2D eigenvalue weighted by Crippen LogP contribution is 2.23. The number of tetrazole rings is 1. The van der Waals surface area contributed by atoms with Crippen LogP contribution in [0.15, 0.2) is 48.8 Å². The summed E-state index contributed by atoms with van der Waals surface area (Å²) in [6.45, 7) is 2.46. The van der Waals surface area contributed by atoms with Gasteiger partial charge >= 0.3 is 0 Å². The van der Waals surface area contributed by atoms with Crippen molar-refractivity contribution in [3.63, 3.8) is 0 Å². The average molecular weight is 350 g/mol. The molecule has 8 nitrogen and oxygen atoms in total. The number of anilines is 2. The lowest BCUT2D eigenvalue weighted by Gasteiger charge is -2.04. The standard InChI is InChI=1S/C16H14N8S/c1-11-5-2-3-7-13(11)18-16-21-19-14(25-16)10-24-22-15(20-23-24)12-6-4-8-17-9-12/h2-9H,10H2,1H3,(H,18,21). The summed E-state index contributed by atoms with van der Waals surface area (Å²) in [5.74, 6) is 0.538. The van der Waals surface area contributed by atoms with Crippen LogP contribution in [0.25, 0.3) is 11.4 Å². The van der Waals surface area contributed by atoms with Crippen LogP contribution in [0.4, 0.5) is 10.8 Å². The molecule has 0 aliphatic rings. The lowest BCUT2D eigenvalue weighted by atomic mass is 10.2. The normalized spacial score (nSPS) is 10.8. The van der Waals surface area contributed by atoms with Crippen LogP contribution in [0, 0.1) is 6.92 Å². The van der Waals surface area contributed by atoms with E-state index < -0.39 is 0 Å². The Morgan fingerprint density at radius 2 is 2.00 bits per heavy atom. The molecule has 0 unspecified atom stereocenters. The highest BCUT2D eigenvalue weighted by atomic mass is 32.1. The van der Waals surface area contributed by atoms with E-state index in [1.165, 1.54) is 16.1 Å². The highest BCUT2D eigenvalue weighted by molar-refractivity contribution is 7.15. The van der Waals surface area contributed by atoms with Crippen LogP contribution in [-0.2, 0) is 6.54 Å². The van der Waals surface area contributed by atoms with Crippen LogP contribution < -0.4 is 5.32 Å². The fourth-order valence-corrected chi connectivity index (χ4v) is 2.97. The summed E-state index contributed by atoms with van der Waals surface area (Å²) in [5.41, 5.74) is 2.99. The van der Waals surface area contributed by atoms with Gasteiger partial charge in [0.2, 0.25) is 11.0 Å². The molecule has 0 atom stereocenters. The Balaban J connectivity index is 1.47. The van der Waals surface area contributed by atoms with Gasteiger partial charge in [-0.15, -0.1) is 20.4 Å². The average Bonchev–Trinajstić information content (AvgIpc) is 3.28. The van der Waals surface area contributed by atoms with Gasteiger partial charge in [0.15, 0.2) is 0 Å². The van der Waals surface area contributed by atoms with E-state index in [-0.39, 0.29) is 0 Å². The Hall–Kier alpha value is -3.20. The van der Waals surface area contributed by atoms with Gasteiger partial charge in [-0.2, -0.15) is 4.80 Å². The molecule has 0 spiro atoms. The maximum Gasteiger partial charge on any atom is 0.210 e. The number of nitrogens with one attached hydrogen (secondary N) is 1. The molecule has 0 aliphatic carbocycles. The number of hydrogen-bond donors (Lipinski definition) is 1. The third-order valence-electron chi connectivity index (χ3n) is 3.50. The minimum atomic E-state index is 0.417. The van der Waals surface area contributed by atoms with Gasteiger partial charge in [0.25, 0.3) is 0 Å². The van der Waals surface area contributed by atoms with Crippen LogP contribution >= 0.6 is 11.3 Å². The van der Waals surface area contributed by atoms with Gasteiger partial charge in [-0.05, 0) is 35.9 Å². The molecule has 1 N–H and O–H groups in total. The second-order valence-electron chi connectivity index (χ2n) is 5.33. The Morgan fingerprint density at radius 3 is 2.84 bits per heavy atom. The molecule has 0 radical (unpaired) electrons. The van der Waals surface area contributed by atoms with E-state index in [2.05, 4.69) is 35.9 Å². The molecule has 1 aromatic carbocycles. The predicted octanol–water partition coefficient (Wildman–Crippen LogP) is 2.69. The summed E-state index contributed by atoms with van der Waals surface area (Å²) in [7, 11) is 0. The topological polar surface area (TPSA) is 94.3 Å². The lowest BCUT2D eigenvalue weighted by Crippen LogP contribution is -2.03. The molecule has 0 bridgehead atoms. The van der Waals surface area contributed by atoms with Crippen molar-refractivity contribution in [2.75, 3.05) is 5.32 Å². The second kappa shape index (κ2) is 6.73. The van der Waals surface area contributed by atoms with Crippen molar-refractivity contribution >= 4 is 22.2 Å². The van der Waals surface area contributed by atoms with Crippen molar-refractivity contribution in [1.29, 1.82) is 0 Å². The van der Waals surface area contributed by atoms with E-state index in [1.54, 1.807) is 12.4 Å². The lowest BCUT2D eigenvalue weighted by molar-refractivity contribution is 0.568. The maximum absolute atomic E-state index is 4.36. The molecule has 9 heteroatoms. The Kier molecular flexibility index (Phi) is 4.13. The van der Waals surface area contributed by atoms with E-state index in [0.717, 1.165) is 27.0 Å². The van der Waals surface area contributed by atoms with Gasteiger partial charge in [-0.25, -0.2) is 0 Å². The van der Waals surface area contributed by atoms with Gasteiger partial charge in [0.05, 0.1) is 0 Å². The van der Waals surface area contributed by atoms with Gasteiger partial charge in [0, 0.05) is 23.6 Å². The van der Waals surface area contributed by atoms with Crippen molar-refractivity contribution in [3.8, 4) is 11.4 Å². The molecule has 0 aliphatic heterocycles. The SMILES string of the molecule is Cc1ccccc1Nc1nnc(Cn2nnc(-c3cccnc3)n2)s1. The molecule has 124 valence electrons. The quantitative estimate of drug-likeness (QED) is 0.591. The first-order chi connectivity index (χ1) is 12.3. The molecule has 4 rings (SSSR count). The van der Waals surface area contributed by atoms with Crippen molar-refractivity contribution in [1.82, 2.24) is 35.4 Å². The molecular weight excluding hydrogens is 336 g/mol.